The van der Waals surface area contributed by atoms with Crippen molar-refractivity contribution in [3.63, 3.8) is 0 Å². The van der Waals surface area contributed by atoms with Crippen LogP contribution in [0, 0.1) is 5.92 Å². The van der Waals surface area contributed by atoms with E-state index >= 15 is 0 Å². The Balaban J connectivity index is 2.43. The summed E-state index contributed by atoms with van der Waals surface area (Å²) in [4.78, 5) is 14.1. The second-order valence-corrected chi connectivity index (χ2v) is 6.42. The summed E-state index contributed by atoms with van der Waals surface area (Å²) in [6, 6.07) is 3.97. The molecule has 1 N–H and O–H groups in total. The minimum absolute atomic E-state index is 0.0791. The van der Waals surface area contributed by atoms with Crippen molar-refractivity contribution in [1.82, 2.24) is 5.32 Å². The number of hydrogen-bond donors (Lipinski definition) is 1. The van der Waals surface area contributed by atoms with E-state index in [2.05, 4.69) is 35.1 Å². The van der Waals surface area contributed by atoms with Gasteiger partial charge in [-0.3, -0.25) is 4.79 Å². The lowest BCUT2D eigenvalue weighted by molar-refractivity contribution is 0.0950. The van der Waals surface area contributed by atoms with Gasteiger partial charge >= 0.3 is 0 Å². The molecular weight excluding hydrogens is 310 g/mol. The summed E-state index contributed by atoms with van der Waals surface area (Å²) in [7, 11) is 0. The van der Waals surface area contributed by atoms with Gasteiger partial charge in [0.1, 0.15) is 0 Å². The Morgan fingerprint density at radius 3 is 2.72 bits per heavy atom. The van der Waals surface area contributed by atoms with Crippen LogP contribution in [0.5, 0.6) is 0 Å². The highest BCUT2D eigenvalue weighted by Gasteiger charge is 2.12. The van der Waals surface area contributed by atoms with Crippen LogP contribution in [0.15, 0.2) is 12.1 Å². The lowest BCUT2D eigenvalue weighted by Crippen LogP contribution is -2.29. The monoisotopic (exact) mass is 331 g/mol. The number of amides is 1. The van der Waals surface area contributed by atoms with Crippen molar-refractivity contribution in [2.24, 2.45) is 5.92 Å². The average Bonchev–Trinajstić information content (AvgIpc) is 2.85. The Kier molecular flexibility index (Phi) is 7.59. The van der Waals surface area contributed by atoms with Crippen LogP contribution in [-0.4, -0.2) is 17.8 Å². The lowest BCUT2D eigenvalue weighted by Gasteiger charge is -2.15. The van der Waals surface area contributed by atoms with E-state index in [-0.39, 0.29) is 5.91 Å². The molecule has 1 amide bonds. The van der Waals surface area contributed by atoms with Gasteiger partial charge < -0.3 is 5.32 Å². The molecule has 18 heavy (non-hydrogen) atoms. The summed E-state index contributed by atoms with van der Waals surface area (Å²) in [5.41, 5.74) is 0. The molecule has 1 unspecified atom stereocenters. The molecule has 0 aliphatic carbocycles. The minimum atomic E-state index is 0.0791. The molecule has 0 aromatic carbocycles. The molecule has 0 fully saturated rings. The zero-order chi connectivity index (χ0) is 13.4. The predicted molar refractivity (Wildman–Crippen MR) is 82.8 cm³/mol. The first-order valence-corrected chi connectivity index (χ1v) is 8.57. The second kappa shape index (κ2) is 8.70. The molecule has 4 heteroatoms. The van der Waals surface area contributed by atoms with Crippen molar-refractivity contribution >= 4 is 33.2 Å². The normalized spacial score (nSPS) is 12.4. The van der Waals surface area contributed by atoms with Crippen LogP contribution in [0.2, 0.25) is 0 Å². The van der Waals surface area contributed by atoms with Crippen molar-refractivity contribution in [3.05, 3.63) is 21.9 Å². The van der Waals surface area contributed by atoms with Crippen LogP contribution in [-0.2, 0) is 6.42 Å². The molecule has 1 aromatic heterocycles. The lowest BCUT2D eigenvalue weighted by atomic mass is 10.0. The third-order valence-corrected chi connectivity index (χ3v) is 4.69. The zero-order valence-corrected chi connectivity index (χ0v) is 13.6. The van der Waals surface area contributed by atoms with Gasteiger partial charge in [-0.15, -0.1) is 11.3 Å². The van der Waals surface area contributed by atoms with Crippen LogP contribution in [0.3, 0.4) is 0 Å². The number of thiophene rings is 1. The van der Waals surface area contributed by atoms with Gasteiger partial charge in [0.25, 0.3) is 5.91 Å². The van der Waals surface area contributed by atoms with Gasteiger partial charge in [-0.25, -0.2) is 0 Å². The number of carbonyl (C=O) groups is 1. The number of aryl methyl sites for hydroxylation is 1. The minimum Gasteiger partial charge on any atom is -0.351 e. The highest BCUT2D eigenvalue weighted by molar-refractivity contribution is 9.09. The molecule has 0 saturated heterocycles. The Morgan fingerprint density at radius 2 is 2.17 bits per heavy atom. The van der Waals surface area contributed by atoms with Crippen molar-refractivity contribution in [1.29, 1.82) is 0 Å². The van der Waals surface area contributed by atoms with Crippen LogP contribution in [0.4, 0.5) is 0 Å². The van der Waals surface area contributed by atoms with Gasteiger partial charge in [-0.05, 0) is 37.3 Å². The van der Waals surface area contributed by atoms with E-state index in [0.717, 1.165) is 29.6 Å². The smallest absolute Gasteiger partial charge is 0.261 e. The molecule has 2 nitrogen and oxygen atoms in total. The molecule has 1 rings (SSSR count). The number of alkyl halides is 1. The highest BCUT2D eigenvalue weighted by atomic mass is 79.9. The fourth-order valence-electron chi connectivity index (χ4n) is 1.93. The summed E-state index contributed by atoms with van der Waals surface area (Å²) < 4.78 is 0. The SMILES string of the molecule is CCCC(CCBr)CNC(=O)c1ccc(CC)s1. The molecule has 1 atom stereocenters. The second-order valence-electron chi connectivity index (χ2n) is 4.46. The van der Waals surface area contributed by atoms with Gasteiger partial charge in [-0.2, -0.15) is 0 Å². The summed E-state index contributed by atoms with van der Waals surface area (Å²) in [6.07, 6.45) is 4.47. The molecule has 0 radical (unpaired) electrons. The first-order chi connectivity index (χ1) is 8.71. The maximum absolute atomic E-state index is 12.0. The van der Waals surface area contributed by atoms with Gasteiger partial charge in [0.2, 0.25) is 0 Å². The molecular formula is C14H22BrNOS. The third kappa shape index (κ3) is 5.11. The van der Waals surface area contributed by atoms with Crippen molar-refractivity contribution < 1.29 is 4.79 Å². The van der Waals surface area contributed by atoms with E-state index in [1.807, 2.05) is 12.1 Å². The Bertz CT molecular complexity index is 358. The van der Waals surface area contributed by atoms with Crippen molar-refractivity contribution in [2.75, 3.05) is 11.9 Å². The van der Waals surface area contributed by atoms with Crippen LogP contribution in [0.25, 0.3) is 0 Å². The van der Waals surface area contributed by atoms with Crippen LogP contribution >= 0.6 is 27.3 Å². The van der Waals surface area contributed by atoms with Gasteiger partial charge in [-0.1, -0.05) is 36.2 Å². The van der Waals surface area contributed by atoms with E-state index in [1.165, 1.54) is 17.7 Å². The summed E-state index contributed by atoms with van der Waals surface area (Å²) in [6.45, 7) is 5.09. The maximum Gasteiger partial charge on any atom is 0.261 e. The summed E-state index contributed by atoms with van der Waals surface area (Å²) >= 11 is 5.07. The number of halogens is 1. The van der Waals surface area contributed by atoms with E-state index in [9.17, 15) is 4.79 Å². The van der Waals surface area contributed by atoms with E-state index in [4.69, 9.17) is 0 Å². The predicted octanol–water partition coefficient (Wildman–Crippen LogP) is 4.24. The molecule has 0 aliphatic rings. The van der Waals surface area contributed by atoms with Crippen molar-refractivity contribution in [2.45, 2.75) is 39.5 Å². The molecule has 0 saturated carbocycles. The summed E-state index contributed by atoms with van der Waals surface area (Å²) in [5, 5.41) is 4.06. The van der Waals surface area contributed by atoms with E-state index in [1.54, 1.807) is 11.3 Å². The number of nitrogens with one attached hydrogen (secondary N) is 1. The quantitative estimate of drug-likeness (QED) is 0.709. The topological polar surface area (TPSA) is 29.1 Å². The average molecular weight is 332 g/mol. The first-order valence-electron chi connectivity index (χ1n) is 6.64. The largest absolute Gasteiger partial charge is 0.351 e. The van der Waals surface area contributed by atoms with E-state index in [0.29, 0.717) is 5.92 Å². The summed E-state index contributed by atoms with van der Waals surface area (Å²) in [5.74, 6) is 0.666. The molecule has 0 bridgehead atoms. The zero-order valence-electron chi connectivity index (χ0n) is 11.2. The molecule has 1 heterocycles. The van der Waals surface area contributed by atoms with Crippen molar-refractivity contribution in [3.8, 4) is 0 Å². The van der Waals surface area contributed by atoms with Crippen LogP contribution in [0.1, 0.15) is 47.7 Å². The fraction of sp³-hybridized carbons (Fsp3) is 0.643. The Labute approximate surface area is 122 Å². The number of hydrogen-bond acceptors (Lipinski definition) is 2. The molecule has 0 spiro atoms. The fourth-order valence-corrected chi connectivity index (χ4v) is 3.44. The van der Waals surface area contributed by atoms with Gasteiger partial charge in [0.15, 0.2) is 0 Å². The molecule has 1 aromatic rings. The first kappa shape index (κ1) is 15.7. The van der Waals surface area contributed by atoms with E-state index < -0.39 is 0 Å². The highest BCUT2D eigenvalue weighted by Crippen LogP contribution is 2.17. The third-order valence-electron chi connectivity index (χ3n) is 3.00. The number of rotatable bonds is 8. The Hall–Kier alpha value is -0.350. The van der Waals surface area contributed by atoms with Gasteiger partial charge in [0, 0.05) is 16.8 Å². The molecule has 102 valence electrons. The van der Waals surface area contributed by atoms with Crippen LogP contribution < -0.4 is 5.32 Å². The standard InChI is InChI=1S/C14H22BrNOS/c1-3-5-11(8-9-15)10-16-14(17)13-7-6-12(4-2)18-13/h6-7,11H,3-5,8-10H2,1-2H3,(H,16,17). The molecule has 0 aliphatic heterocycles. The van der Waals surface area contributed by atoms with Gasteiger partial charge in [0.05, 0.1) is 4.88 Å². The maximum atomic E-state index is 12.0. The number of carbonyl (C=O) groups excluding carboxylic acids is 1. The Morgan fingerprint density at radius 1 is 1.39 bits per heavy atom.